The van der Waals surface area contributed by atoms with Crippen molar-refractivity contribution in [3.05, 3.63) is 36.5 Å². The van der Waals surface area contributed by atoms with Gasteiger partial charge in [-0.15, -0.1) is 0 Å². The van der Waals surface area contributed by atoms with E-state index in [2.05, 4.69) is 57.2 Å². The normalized spacial score (nSPS) is 12.2. The number of allylic oxidation sites excluding steroid dienone is 6. The van der Waals surface area contributed by atoms with Crippen molar-refractivity contribution in [1.82, 2.24) is 0 Å². The largest absolute Gasteiger partial charge is 0.462 e. The fraction of sp³-hybridized carbons (Fsp3) is 0.878. The van der Waals surface area contributed by atoms with E-state index in [1.165, 1.54) is 283 Å². The molecule has 0 N–H and O–H groups in total. The predicted octanol–water partition coefficient (Wildman–Crippen LogP) is 24.7. The summed E-state index contributed by atoms with van der Waals surface area (Å²) < 4.78 is 17.0. The van der Waals surface area contributed by atoms with Crippen molar-refractivity contribution in [2.45, 2.75) is 406 Å². The van der Waals surface area contributed by atoms with Gasteiger partial charge in [-0.1, -0.05) is 340 Å². The Balaban J connectivity index is 4.26. The molecular formula is C74H138O6. The Morgan fingerprint density at radius 3 is 0.725 bits per heavy atom. The molecule has 0 bridgehead atoms. The van der Waals surface area contributed by atoms with E-state index < -0.39 is 6.10 Å². The molecule has 0 aromatic heterocycles. The van der Waals surface area contributed by atoms with Crippen LogP contribution in [0.3, 0.4) is 0 Å². The molecule has 0 amide bonds. The van der Waals surface area contributed by atoms with Gasteiger partial charge in [-0.25, -0.2) is 0 Å². The Labute approximate surface area is 499 Å². The van der Waals surface area contributed by atoms with E-state index >= 15 is 0 Å². The van der Waals surface area contributed by atoms with Crippen LogP contribution in [0.5, 0.6) is 0 Å². The highest BCUT2D eigenvalue weighted by molar-refractivity contribution is 5.71. The van der Waals surface area contributed by atoms with E-state index in [1.807, 2.05) is 0 Å². The molecule has 0 aliphatic heterocycles. The molecule has 0 saturated heterocycles. The van der Waals surface area contributed by atoms with Crippen LogP contribution in [0.15, 0.2) is 36.5 Å². The van der Waals surface area contributed by atoms with Gasteiger partial charge in [-0.05, 0) is 77.0 Å². The van der Waals surface area contributed by atoms with Crippen LogP contribution < -0.4 is 0 Å². The lowest BCUT2D eigenvalue weighted by Gasteiger charge is -2.18. The lowest BCUT2D eigenvalue weighted by molar-refractivity contribution is -0.167. The van der Waals surface area contributed by atoms with Crippen molar-refractivity contribution in [1.29, 1.82) is 0 Å². The summed E-state index contributed by atoms with van der Waals surface area (Å²) in [7, 11) is 0. The minimum absolute atomic E-state index is 0.0728. The maximum atomic E-state index is 13.0. The minimum atomic E-state index is -0.778. The van der Waals surface area contributed by atoms with Gasteiger partial charge in [0.25, 0.3) is 0 Å². The van der Waals surface area contributed by atoms with Crippen LogP contribution in [0.1, 0.15) is 400 Å². The lowest BCUT2D eigenvalue weighted by atomic mass is 10.0. The van der Waals surface area contributed by atoms with Crippen molar-refractivity contribution in [2.24, 2.45) is 0 Å². The van der Waals surface area contributed by atoms with Crippen molar-refractivity contribution in [2.75, 3.05) is 13.2 Å². The Kier molecular flexibility index (Phi) is 67.1. The van der Waals surface area contributed by atoms with Crippen LogP contribution in [0.2, 0.25) is 0 Å². The number of rotatable bonds is 67. The highest BCUT2D eigenvalue weighted by atomic mass is 16.6. The summed E-state index contributed by atoms with van der Waals surface area (Å²) in [5.41, 5.74) is 0. The van der Waals surface area contributed by atoms with Crippen LogP contribution in [-0.2, 0) is 28.6 Å². The van der Waals surface area contributed by atoms with E-state index in [4.69, 9.17) is 14.2 Å². The number of carbonyl (C=O) groups excluding carboxylic acids is 3. The third kappa shape index (κ3) is 66.4. The van der Waals surface area contributed by atoms with Crippen LogP contribution in [-0.4, -0.2) is 37.2 Å². The molecule has 470 valence electrons. The summed E-state index contributed by atoms with van der Waals surface area (Å²) in [6, 6.07) is 0. The maximum Gasteiger partial charge on any atom is 0.306 e. The maximum absolute atomic E-state index is 13.0. The molecule has 80 heavy (non-hydrogen) atoms. The molecule has 6 nitrogen and oxygen atoms in total. The van der Waals surface area contributed by atoms with E-state index in [0.717, 1.165) is 77.0 Å². The summed E-state index contributed by atoms with van der Waals surface area (Å²) >= 11 is 0. The van der Waals surface area contributed by atoms with E-state index in [1.54, 1.807) is 0 Å². The van der Waals surface area contributed by atoms with Gasteiger partial charge in [0.2, 0.25) is 0 Å². The van der Waals surface area contributed by atoms with Crippen LogP contribution >= 0.6 is 0 Å². The fourth-order valence-corrected chi connectivity index (χ4v) is 10.9. The Bertz CT molecular complexity index is 1340. The van der Waals surface area contributed by atoms with E-state index in [9.17, 15) is 14.4 Å². The molecule has 0 aliphatic rings. The summed E-state index contributed by atoms with van der Waals surface area (Å²) in [5.74, 6) is -0.860. The van der Waals surface area contributed by atoms with Crippen LogP contribution in [0.4, 0.5) is 0 Å². The zero-order valence-electron chi connectivity index (χ0n) is 54.1. The van der Waals surface area contributed by atoms with Gasteiger partial charge in [0.15, 0.2) is 6.10 Å². The first-order valence-electron chi connectivity index (χ1n) is 36.0. The minimum Gasteiger partial charge on any atom is -0.462 e. The quantitative estimate of drug-likeness (QED) is 0.0261. The summed E-state index contributed by atoms with van der Waals surface area (Å²) in [5, 5.41) is 0. The van der Waals surface area contributed by atoms with Crippen molar-refractivity contribution < 1.29 is 28.6 Å². The highest BCUT2D eigenvalue weighted by Gasteiger charge is 2.19. The number of ether oxygens (including phenoxy) is 3. The topological polar surface area (TPSA) is 78.9 Å². The third-order valence-corrected chi connectivity index (χ3v) is 16.4. The first kappa shape index (κ1) is 77.6. The SMILES string of the molecule is CCCCC/C=C\C/C=C\CCCCCCCC(=O)OCC(COC(=O)CCCCCCCCCCCCCCCCCCCCCCCCCCCC)OC(=O)CCCCCCCCCCC/C=C\CCCCCCCCCC. The van der Waals surface area contributed by atoms with Crippen molar-refractivity contribution in [3.8, 4) is 0 Å². The number of esters is 3. The first-order chi connectivity index (χ1) is 39.5. The second-order valence-electron chi connectivity index (χ2n) is 24.5. The summed E-state index contributed by atoms with van der Waals surface area (Å²) in [6.07, 6.45) is 86.1. The molecule has 1 atom stereocenters. The van der Waals surface area contributed by atoms with E-state index in [-0.39, 0.29) is 31.1 Å². The number of hydrogen-bond acceptors (Lipinski definition) is 6. The molecular weight excluding hydrogens is 985 g/mol. The van der Waals surface area contributed by atoms with Gasteiger partial charge < -0.3 is 14.2 Å². The molecule has 0 fully saturated rings. The second kappa shape index (κ2) is 69.1. The van der Waals surface area contributed by atoms with Crippen molar-refractivity contribution >= 4 is 17.9 Å². The Morgan fingerprint density at radius 2 is 0.450 bits per heavy atom. The zero-order chi connectivity index (χ0) is 57.8. The molecule has 0 radical (unpaired) electrons. The van der Waals surface area contributed by atoms with Gasteiger partial charge in [0.05, 0.1) is 0 Å². The van der Waals surface area contributed by atoms with Gasteiger partial charge in [-0.2, -0.15) is 0 Å². The molecule has 0 aromatic rings. The first-order valence-corrected chi connectivity index (χ1v) is 36.0. The predicted molar refractivity (Wildman–Crippen MR) is 349 cm³/mol. The number of unbranched alkanes of at least 4 members (excludes halogenated alkanes) is 50. The summed E-state index contributed by atoms with van der Waals surface area (Å²) in [4.78, 5) is 38.5. The average Bonchev–Trinajstić information content (AvgIpc) is 3.46. The molecule has 6 heteroatoms. The molecule has 1 unspecified atom stereocenters. The van der Waals surface area contributed by atoms with Crippen molar-refractivity contribution in [3.63, 3.8) is 0 Å². The lowest BCUT2D eigenvalue weighted by Crippen LogP contribution is -2.30. The number of hydrogen-bond donors (Lipinski definition) is 0. The van der Waals surface area contributed by atoms with Gasteiger partial charge in [0.1, 0.15) is 13.2 Å². The van der Waals surface area contributed by atoms with Gasteiger partial charge in [0, 0.05) is 19.3 Å². The Morgan fingerprint density at radius 1 is 0.250 bits per heavy atom. The Hall–Kier alpha value is -2.37. The second-order valence-corrected chi connectivity index (χ2v) is 24.5. The third-order valence-electron chi connectivity index (χ3n) is 16.4. The highest BCUT2D eigenvalue weighted by Crippen LogP contribution is 2.19. The molecule has 0 saturated carbocycles. The summed E-state index contributed by atoms with van der Waals surface area (Å²) in [6.45, 7) is 6.68. The van der Waals surface area contributed by atoms with Gasteiger partial charge in [-0.3, -0.25) is 14.4 Å². The molecule has 0 spiro atoms. The van der Waals surface area contributed by atoms with Gasteiger partial charge >= 0.3 is 17.9 Å². The average molecular weight is 1120 g/mol. The fourth-order valence-electron chi connectivity index (χ4n) is 10.9. The smallest absolute Gasteiger partial charge is 0.306 e. The molecule has 0 aliphatic carbocycles. The van der Waals surface area contributed by atoms with E-state index in [0.29, 0.717) is 19.3 Å². The molecule has 0 rings (SSSR count). The van der Waals surface area contributed by atoms with Crippen LogP contribution in [0.25, 0.3) is 0 Å². The molecule has 0 aromatic carbocycles. The number of carbonyl (C=O) groups is 3. The monoisotopic (exact) mass is 1120 g/mol. The van der Waals surface area contributed by atoms with Crippen LogP contribution in [0, 0.1) is 0 Å². The molecule has 0 heterocycles. The standard InChI is InChI=1S/C74H138O6/c1-4-7-10-13-16-19-22-25-28-30-32-34-35-36-37-38-40-41-43-46-49-52-55-58-61-64-67-73(76)79-70-71(69-78-72(75)66-63-60-57-54-51-48-45-27-24-21-18-15-12-9-6-3)80-74(77)68-65-62-59-56-53-50-47-44-42-39-33-31-29-26-23-20-17-14-11-8-5-2/h18,21,27,31,33,45,71H,4-17,19-20,22-26,28-30,32,34-44,46-70H2,1-3H3/b21-18-,33-31-,45-27-. The zero-order valence-corrected chi connectivity index (χ0v) is 54.1.